The zero-order valence-electron chi connectivity index (χ0n) is 4.68. The highest BCUT2D eigenvalue weighted by Gasteiger charge is 2.21. The van der Waals surface area contributed by atoms with Crippen LogP contribution in [0.2, 0.25) is 0 Å². The molecule has 0 aliphatic rings. The van der Waals surface area contributed by atoms with Crippen LogP contribution in [0.25, 0.3) is 0 Å². The lowest BCUT2D eigenvalue weighted by molar-refractivity contribution is -0.163. The van der Waals surface area contributed by atoms with Crippen molar-refractivity contribution in [1.29, 1.82) is 0 Å². The Kier molecular flexibility index (Phi) is 3.67. The maximum absolute atomic E-state index is 8.48. The van der Waals surface area contributed by atoms with Gasteiger partial charge in [-0.3, -0.25) is 0 Å². The van der Waals surface area contributed by atoms with Gasteiger partial charge in [0.2, 0.25) is 0 Å². The summed E-state index contributed by atoms with van der Waals surface area (Å²) >= 11 is 0. The Morgan fingerprint density at radius 2 is 1.44 bits per heavy atom. The van der Waals surface area contributed by atoms with E-state index in [1.54, 1.807) is 0 Å². The van der Waals surface area contributed by atoms with E-state index in [2.05, 4.69) is 0 Å². The first-order chi connectivity index (χ1) is 4.09. The van der Waals surface area contributed by atoms with Crippen molar-refractivity contribution in [2.24, 2.45) is 0 Å². The molecule has 56 valence electrons. The third kappa shape index (κ3) is 2.73. The van der Waals surface area contributed by atoms with E-state index in [1.165, 1.54) is 0 Å². The van der Waals surface area contributed by atoms with Crippen molar-refractivity contribution in [2.45, 2.75) is 18.5 Å². The molecule has 9 heavy (non-hydrogen) atoms. The normalized spacial score (nSPS) is 18.0. The van der Waals surface area contributed by atoms with E-state index in [0.717, 1.165) is 0 Å². The van der Waals surface area contributed by atoms with Crippen molar-refractivity contribution in [3.63, 3.8) is 0 Å². The van der Waals surface area contributed by atoms with Crippen LogP contribution in [0, 0.1) is 0 Å². The highest BCUT2D eigenvalue weighted by atomic mass is 16.5. The molecule has 0 aliphatic heterocycles. The lowest BCUT2D eigenvalue weighted by Gasteiger charge is -2.16. The van der Waals surface area contributed by atoms with Gasteiger partial charge in [-0.05, 0) is 0 Å². The minimum atomic E-state index is -2.01. The molecule has 0 fully saturated rings. The van der Waals surface area contributed by atoms with Crippen molar-refractivity contribution in [3.05, 3.63) is 0 Å². The monoisotopic (exact) mass is 138 g/mol. The molecular weight excluding hydrogens is 128 g/mol. The summed E-state index contributed by atoms with van der Waals surface area (Å²) in [6.07, 6.45) is -5.20. The zero-order valence-corrected chi connectivity index (χ0v) is 4.68. The predicted octanol–water partition coefficient (Wildman–Crippen LogP) is -2.99. The van der Waals surface area contributed by atoms with Crippen molar-refractivity contribution >= 4 is 0 Å². The molecule has 5 N–H and O–H groups in total. The van der Waals surface area contributed by atoms with E-state index < -0.39 is 25.1 Å². The van der Waals surface area contributed by atoms with Crippen molar-refractivity contribution in [2.75, 3.05) is 6.61 Å². The summed E-state index contributed by atoms with van der Waals surface area (Å²) in [5.41, 5.74) is 0. The second kappa shape index (κ2) is 3.76. The summed E-state index contributed by atoms with van der Waals surface area (Å²) in [5, 5.41) is 41.4. The molecule has 0 aromatic rings. The van der Waals surface area contributed by atoms with E-state index in [9.17, 15) is 0 Å². The Morgan fingerprint density at radius 3 is 1.56 bits per heavy atom. The predicted molar refractivity (Wildman–Crippen MR) is 27.3 cm³/mol. The van der Waals surface area contributed by atoms with Gasteiger partial charge in [-0.25, -0.2) is 0 Å². The molecule has 5 heteroatoms. The van der Waals surface area contributed by atoms with E-state index in [4.69, 9.17) is 25.5 Å². The molecule has 0 heterocycles. The van der Waals surface area contributed by atoms with Gasteiger partial charge in [-0.2, -0.15) is 0 Å². The maximum atomic E-state index is 8.48. The van der Waals surface area contributed by atoms with Crippen LogP contribution in [0.5, 0.6) is 0 Å². The largest absolute Gasteiger partial charge is 0.394 e. The standard InChI is InChI=1S/C4H10O5/c5-1-2(6)3(7)4(8)9/h2-9H,1H2/t2-,3-/m1/s1. The van der Waals surface area contributed by atoms with Crippen LogP contribution in [0.1, 0.15) is 0 Å². The summed E-state index contributed by atoms with van der Waals surface area (Å²) in [7, 11) is 0. The average molecular weight is 138 g/mol. The van der Waals surface area contributed by atoms with Crippen LogP contribution in [-0.4, -0.2) is 50.6 Å². The van der Waals surface area contributed by atoms with Gasteiger partial charge < -0.3 is 25.5 Å². The highest BCUT2D eigenvalue weighted by Crippen LogP contribution is 1.95. The molecule has 0 spiro atoms. The van der Waals surface area contributed by atoms with Crippen molar-refractivity contribution in [3.8, 4) is 0 Å². The summed E-state index contributed by atoms with van der Waals surface area (Å²) in [5.74, 6) is 0. The van der Waals surface area contributed by atoms with E-state index in [-0.39, 0.29) is 0 Å². The first-order valence-electron chi connectivity index (χ1n) is 2.42. The lowest BCUT2D eigenvalue weighted by Crippen LogP contribution is -2.39. The fraction of sp³-hybridized carbons (Fsp3) is 1.00. The number of hydrogen-bond acceptors (Lipinski definition) is 5. The first-order valence-corrected chi connectivity index (χ1v) is 2.42. The molecule has 0 rings (SSSR count). The van der Waals surface area contributed by atoms with Gasteiger partial charge in [-0.15, -0.1) is 0 Å². The van der Waals surface area contributed by atoms with Crippen molar-refractivity contribution < 1.29 is 25.5 Å². The summed E-state index contributed by atoms with van der Waals surface area (Å²) in [6.45, 7) is -0.696. The molecule has 0 aromatic heterocycles. The van der Waals surface area contributed by atoms with Crippen LogP contribution < -0.4 is 0 Å². The number of hydrogen-bond donors (Lipinski definition) is 5. The highest BCUT2D eigenvalue weighted by molar-refractivity contribution is 4.66. The van der Waals surface area contributed by atoms with Crippen LogP contribution in [0.4, 0.5) is 0 Å². The summed E-state index contributed by atoms with van der Waals surface area (Å²) in [4.78, 5) is 0. The number of aliphatic hydroxyl groups is 5. The minimum Gasteiger partial charge on any atom is -0.394 e. The van der Waals surface area contributed by atoms with Gasteiger partial charge >= 0.3 is 0 Å². The van der Waals surface area contributed by atoms with E-state index >= 15 is 0 Å². The Labute approximate surface area is 51.8 Å². The van der Waals surface area contributed by atoms with Gasteiger partial charge in [0.1, 0.15) is 12.2 Å². The molecular formula is C4H10O5. The lowest BCUT2D eigenvalue weighted by atomic mass is 10.2. The Bertz CT molecular complexity index is 73.4. The molecule has 0 saturated carbocycles. The topological polar surface area (TPSA) is 101 Å². The molecule has 0 radical (unpaired) electrons. The van der Waals surface area contributed by atoms with E-state index in [1.807, 2.05) is 0 Å². The van der Waals surface area contributed by atoms with Crippen LogP contribution >= 0.6 is 0 Å². The van der Waals surface area contributed by atoms with Crippen LogP contribution in [-0.2, 0) is 0 Å². The second-order valence-corrected chi connectivity index (χ2v) is 1.65. The molecule has 0 unspecified atom stereocenters. The summed E-state index contributed by atoms with van der Waals surface area (Å²) < 4.78 is 0. The molecule has 0 amide bonds. The van der Waals surface area contributed by atoms with Gasteiger partial charge in [0.05, 0.1) is 6.61 Å². The molecule has 0 aliphatic carbocycles. The molecule has 0 aromatic carbocycles. The Balaban J connectivity index is 3.58. The number of rotatable bonds is 3. The van der Waals surface area contributed by atoms with Crippen LogP contribution in [0.15, 0.2) is 0 Å². The van der Waals surface area contributed by atoms with Gasteiger partial charge in [-0.1, -0.05) is 0 Å². The fourth-order valence-corrected chi connectivity index (χ4v) is 0.307. The zero-order chi connectivity index (χ0) is 7.44. The van der Waals surface area contributed by atoms with Crippen LogP contribution in [0.3, 0.4) is 0 Å². The SMILES string of the molecule is OC[C@@H](O)[C@@H](O)C(O)O. The fourth-order valence-electron chi connectivity index (χ4n) is 0.307. The van der Waals surface area contributed by atoms with Gasteiger partial charge in [0.15, 0.2) is 6.29 Å². The maximum Gasteiger partial charge on any atom is 0.180 e. The Morgan fingerprint density at radius 1 is 1.00 bits per heavy atom. The quantitative estimate of drug-likeness (QED) is 0.268. The minimum absolute atomic E-state index is 0.696. The average Bonchev–Trinajstić information content (AvgIpc) is 1.84. The molecule has 0 bridgehead atoms. The smallest absolute Gasteiger partial charge is 0.180 e. The molecule has 5 nitrogen and oxygen atoms in total. The third-order valence-corrected chi connectivity index (χ3v) is 0.887. The van der Waals surface area contributed by atoms with Crippen molar-refractivity contribution in [1.82, 2.24) is 0 Å². The molecule has 2 atom stereocenters. The van der Waals surface area contributed by atoms with Gasteiger partial charge in [0.25, 0.3) is 0 Å². The third-order valence-electron chi connectivity index (χ3n) is 0.887. The van der Waals surface area contributed by atoms with Gasteiger partial charge in [0, 0.05) is 0 Å². The molecule has 0 saturated heterocycles. The summed E-state index contributed by atoms with van der Waals surface area (Å²) in [6, 6.07) is 0. The Hall–Kier alpha value is -0.200. The van der Waals surface area contributed by atoms with E-state index in [0.29, 0.717) is 0 Å². The second-order valence-electron chi connectivity index (χ2n) is 1.65. The number of aliphatic hydroxyl groups excluding tert-OH is 4. The first kappa shape index (κ1) is 8.80.